The van der Waals surface area contributed by atoms with Gasteiger partial charge in [0.25, 0.3) is 0 Å². The second kappa shape index (κ2) is 5.19. The zero-order valence-corrected chi connectivity index (χ0v) is 11.1. The normalized spacial score (nSPS) is 20.8. The van der Waals surface area contributed by atoms with Gasteiger partial charge in [-0.1, -0.05) is 36.4 Å². The Morgan fingerprint density at radius 2 is 2.11 bits per heavy atom. The van der Waals surface area contributed by atoms with Crippen LogP contribution in [0.25, 0.3) is 10.8 Å². The predicted octanol–water partition coefficient (Wildman–Crippen LogP) is 2.98. The number of hydrogen-bond acceptors (Lipinski definition) is 3. The molecule has 0 saturated carbocycles. The maximum absolute atomic E-state index is 10.4. The SMILES string of the molecule is CC(NC1CCOC1)c1ccc2ccccc2c1O. The molecular formula is C16H19NO2. The highest BCUT2D eigenvalue weighted by Crippen LogP contribution is 2.32. The topological polar surface area (TPSA) is 41.5 Å². The lowest BCUT2D eigenvalue weighted by Crippen LogP contribution is -2.31. The average Bonchev–Trinajstić information content (AvgIpc) is 2.92. The molecule has 0 spiro atoms. The first kappa shape index (κ1) is 12.5. The fourth-order valence-electron chi connectivity index (χ4n) is 2.73. The number of benzene rings is 2. The number of hydrogen-bond donors (Lipinski definition) is 2. The van der Waals surface area contributed by atoms with Crippen LogP contribution in [-0.2, 0) is 4.74 Å². The number of aromatic hydroxyl groups is 1. The molecule has 1 fully saturated rings. The van der Waals surface area contributed by atoms with Crippen LogP contribution in [0.5, 0.6) is 5.75 Å². The van der Waals surface area contributed by atoms with Crippen molar-refractivity contribution in [2.75, 3.05) is 13.2 Å². The van der Waals surface area contributed by atoms with Crippen LogP contribution in [0.3, 0.4) is 0 Å². The van der Waals surface area contributed by atoms with Crippen molar-refractivity contribution in [1.29, 1.82) is 0 Å². The molecule has 2 aromatic carbocycles. The van der Waals surface area contributed by atoms with E-state index < -0.39 is 0 Å². The molecule has 2 N–H and O–H groups in total. The largest absolute Gasteiger partial charge is 0.507 e. The summed E-state index contributed by atoms with van der Waals surface area (Å²) in [6.07, 6.45) is 1.04. The standard InChI is InChI=1S/C16H19NO2/c1-11(17-13-8-9-19-10-13)14-7-6-12-4-2-3-5-15(12)16(14)18/h2-7,11,13,17-18H,8-10H2,1H3. The van der Waals surface area contributed by atoms with Gasteiger partial charge < -0.3 is 15.2 Å². The van der Waals surface area contributed by atoms with Gasteiger partial charge >= 0.3 is 0 Å². The van der Waals surface area contributed by atoms with Crippen molar-refractivity contribution in [2.24, 2.45) is 0 Å². The van der Waals surface area contributed by atoms with Crippen LogP contribution in [0.2, 0.25) is 0 Å². The fourth-order valence-corrected chi connectivity index (χ4v) is 2.73. The third-order valence-corrected chi connectivity index (χ3v) is 3.81. The minimum absolute atomic E-state index is 0.122. The summed E-state index contributed by atoms with van der Waals surface area (Å²) in [6.45, 7) is 3.68. The van der Waals surface area contributed by atoms with Crippen molar-refractivity contribution in [3.63, 3.8) is 0 Å². The smallest absolute Gasteiger partial charge is 0.128 e. The van der Waals surface area contributed by atoms with Gasteiger partial charge in [0.1, 0.15) is 5.75 Å². The quantitative estimate of drug-likeness (QED) is 0.888. The van der Waals surface area contributed by atoms with Crippen LogP contribution in [0.4, 0.5) is 0 Å². The van der Waals surface area contributed by atoms with Gasteiger partial charge in [0, 0.05) is 29.6 Å². The highest BCUT2D eigenvalue weighted by atomic mass is 16.5. The van der Waals surface area contributed by atoms with E-state index in [1.807, 2.05) is 30.3 Å². The molecule has 0 aromatic heterocycles. The van der Waals surface area contributed by atoms with E-state index in [0.29, 0.717) is 11.8 Å². The minimum atomic E-state index is 0.122. The van der Waals surface area contributed by atoms with E-state index in [4.69, 9.17) is 4.74 Å². The highest BCUT2D eigenvalue weighted by molar-refractivity contribution is 5.89. The molecule has 1 aliphatic rings. The van der Waals surface area contributed by atoms with E-state index >= 15 is 0 Å². The fraction of sp³-hybridized carbons (Fsp3) is 0.375. The molecule has 0 amide bonds. The molecular weight excluding hydrogens is 238 g/mol. The Balaban J connectivity index is 1.89. The van der Waals surface area contributed by atoms with Crippen molar-refractivity contribution in [2.45, 2.75) is 25.4 Å². The molecule has 3 heteroatoms. The van der Waals surface area contributed by atoms with E-state index in [9.17, 15) is 5.11 Å². The number of nitrogens with one attached hydrogen (secondary N) is 1. The van der Waals surface area contributed by atoms with E-state index in [2.05, 4.69) is 18.3 Å². The summed E-state index contributed by atoms with van der Waals surface area (Å²) in [6, 6.07) is 12.5. The molecule has 0 bridgehead atoms. The molecule has 1 saturated heterocycles. The summed E-state index contributed by atoms with van der Waals surface area (Å²) >= 11 is 0. The van der Waals surface area contributed by atoms with Crippen LogP contribution in [0, 0.1) is 0 Å². The maximum atomic E-state index is 10.4. The Kier molecular flexibility index (Phi) is 3.40. The van der Waals surface area contributed by atoms with E-state index in [1.165, 1.54) is 0 Å². The van der Waals surface area contributed by atoms with Gasteiger partial charge in [-0.2, -0.15) is 0 Å². The van der Waals surface area contributed by atoms with Gasteiger partial charge in [-0.05, 0) is 18.7 Å². The summed E-state index contributed by atoms with van der Waals surface area (Å²) in [4.78, 5) is 0. The zero-order valence-electron chi connectivity index (χ0n) is 11.1. The first-order valence-corrected chi connectivity index (χ1v) is 6.80. The zero-order chi connectivity index (χ0) is 13.2. The van der Waals surface area contributed by atoms with Crippen molar-refractivity contribution >= 4 is 10.8 Å². The number of fused-ring (bicyclic) bond motifs is 1. The lowest BCUT2D eigenvalue weighted by molar-refractivity contribution is 0.188. The number of phenols is 1. The molecule has 3 nitrogen and oxygen atoms in total. The molecule has 1 heterocycles. The van der Waals surface area contributed by atoms with Crippen molar-refractivity contribution in [3.8, 4) is 5.75 Å². The summed E-state index contributed by atoms with van der Waals surface area (Å²) in [5.41, 5.74) is 0.950. The van der Waals surface area contributed by atoms with E-state index in [0.717, 1.165) is 36.0 Å². The second-order valence-corrected chi connectivity index (χ2v) is 5.17. The third kappa shape index (κ3) is 2.44. The first-order valence-electron chi connectivity index (χ1n) is 6.80. The van der Waals surface area contributed by atoms with Crippen LogP contribution in [-0.4, -0.2) is 24.4 Å². The number of phenolic OH excluding ortho intramolecular Hbond substituents is 1. The lowest BCUT2D eigenvalue weighted by atomic mass is 10.0. The van der Waals surface area contributed by atoms with E-state index in [-0.39, 0.29) is 6.04 Å². The van der Waals surface area contributed by atoms with Crippen LogP contribution in [0.15, 0.2) is 36.4 Å². The Labute approximate surface area is 113 Å². The predicted molar refractivity (Wildman–Crippen MR) is 76.4 cm³/mol. The summed E-state index contributed by atoms with van der Waals surface area (Å²) in [5, 5.41) is 15.9. The Morgan fingerprint density at radius 1 is 1.26 bits per heavy atom. The molecule has 19 heavy (non-hydrogen) atoms. The summed E-state index contributed by atoms with van der Waals surface area (Å²) in [5.74, 6) is 0.386. The minimum Gasteiger partial charge on any atom is -0.507 e. The monoisotopic (exact) mass is 257 g/mol. The molecule has 0 radical (unpaired) electrons. The van der Waals surface area contributed by atoms with Crippen LogP contribution < -0.4 is 5.32 Å². The molecule has 2 atom stereocenters. The van der Waals surface area contributed by atoms with Gasteiger partial charge in [-0.25, -0.2) is 0 Å². The Morgan fingerprint density at radius 3 is 2.89 bits per heavy atom. The Hall–Kier alpha value is -1.58. The van der Waals surface area contributed by atoms with Gasteiger partial charge in [-0.15, -0.1) is 0 Å². The van der Waals surface area contributed by atoms with Crippen LogP contribution >= 0.6 is 0 Å². The van der Waals surface area contributed by atoms with E-state index in [1.54, 1.807) is 0 Å². The van der Waals surface area contributed by atoms with Gasteiger partial charge in [0.05, 0.1) is 6.61 Å². The summed E-state index contributed by atoms with van der Waals surface area (Å²) < 4.78 is 5.37. The molecule has 2 unspecified atom stereocenters. The first-order chi connectivity index (χ1) is 9.25. The molecule has 3 rings (SSSR count). The third-order valence-electron chi connectivity index (χ3n) is 3.81. The molecule has 100 valence electrons. The van der Waals surface area contributed by atoms with Gasteiger partial charge in [0.15, 0.2) is 0 Å². The van der Waals surface area contributed by atoms with Crippen molar-refractivity contribution in [3.05, 3.63) is 42.0 Å². The molecule has 2 aromatic rings. The lowest BCUT2D eigenvalue weighted by Gasteiger charge is -2.20. The van der Waals surface area contributed by atoms with Crippen LogP contribution in [0.1, 0.15) is 24.9 Å². The summed E-state index contributed by atoms with van der Waals surface area (Å²) in [7, 11) is 0. The molecule has 1 aliphatic heterocycles. The van der Waals surface area contributed by atoms with Gasteiger partial charge in [-0.3, -0.25) is 0 Å². The number of ether oxygens (including phenoxy) is 1. The highest BCUT2D eigenvalue weighted by Gasteiger charge is 2.20. The van der Waals surface area contributed by atoms with Gasteiger partial charge in [0.2, 0.25) is 0 Å². The second-order valence-electron chi connectivity index (χ2n) is 5.17. The molecule has 0 aliphatic carbocycles. The average molecular weight is 257 g/mol. The number of rotatable bonds is 3. The maximum Gasteiger partial charge on any atom is 0.128 e. The van der Waals surface area contributed by atoms with Crippen molar-refractivity contribution in [1.82, 2.24) is 5.32 Å². The Bertz CT molecular complexity index is 576. The van der Waals surface area contributed by atoms with Crippen molar-refractivity contribution < 1.29 is 9.84 Å².